The van der Waals surface area contributed by atoms with Gasteiger partial charge in [-0.15, -0.1) is 0 Å². The van der Waals surface area contributed by atoms with Gasteiger partial charge in [-0.25, -0.2) is 4.79 Å². The summed E-state index contributed by atoms with van der Waals surface area (Å²) in [5.74, 6) is 0.160. The number of amides is 3. The van der Waals surface area contributed by atoms with E-state index in [4.69, 9.17) is 4.74 Å². The number of hydrogen-bond donors (Lipinski definition) is 0. The lowest BCUT2D eigenvalue weighted by Crippen LogP contribution is -2.55. The van der Waals surface area contributed by atoms with Crippen LogP contribution in [-0.4, -0.2) is 92.2 Å². The van der Waals surface area contributed by atoms with Crippen LogP contribution in [0.2, 0.25) is 0 Å². The Hall–Kier alpha value is -2.12. The van der Waals surface area contributed by atoms with E-state index in [2.05, 4.69) is 11.0 Å². The van der Waals surface area contributed by atoms with Crippen LogP contribution in [0.25, 0.3) is 0 Å². The van der Waals surface area contributed by atoms with Gasteiger partial charge in [0.15, 0.2) is 0 Å². The minimum Gasteiger partial charge on any atom is -0.378 e. The second kappa shape index (κ2) is 8.49. The summed E-state index contributed by atoms with van der Waals surface area (Å²) in [5.41, 5.74) is 2.31. The van der Waals surface area contributed by atoms with E-state index in [0.29, 0.717) is 32.8 Å². The molecule has 1 aromatic rings. The van der Waals surface area contributed by atoms with Gasteiger partial charge in [0.25, 0.3) is 0 Å². The Kier molecular flexibility index (Phi) is 5.82. The first kappa shape index (κ1) is 19.2. The standard InChI is InChI=1S/C21H30N4O3/c1-22(21(27)24-11-13-28-14-12-24)18-6-4-9-23(15-18)16-20(26)25-10-8-17-5-2-3-7-19(17)25/h2-3,5,7,18H,4,6,8-16H2,1H3. The fourth-order valence-corrected chi connectivity index (χ4v) is 4.50. The lowest BCUT2D eigenvalue weighted by atomic mass is 10.0. The zero-order chi connectivity index (χ0) is 19.5. The normalized spacial score (nSPS) is 22.8. The molecule has 0 bridgehead atoms. The lowest BCUT2D eigenvalue weighted by Gasteiger charge is -2.40. The molecule has 1 aromatic carbocycles. The second-order valence-corrected chi connectivity index (χ2v) is 7.95. The van der Waals surface area contributed by atoms with Crippen molar-refractivity contribution >= 4 is 17.6 Å². The number of anilines is 1. The summed E-state index contributed by atoms with van der Waals surface area (Å²) < 4.78 is 5.35. The summed E-state index contributed by atoms with van der Waals surface area (Å²) in [6, 6.07) is 8.40. The van der Waals surface area contributed by atoms with Crippen LogP contribution < -0.4 is 4.90 Å². The van der Waals surface area contributed by atoms with Gasteiger partial charge in [0.1, 0.15) is 0 Å². The molecular formula is C21H30N4O3. The minimum absolute atomic E-state index is 0.0787. The van der Waals surface area contributed by atoms with Gasteiger partial charge >= 0.3 is 6.03 Å². The third-order valence-electron chi connectivity index (χ3n) is 6.16. The summed E-state index contributed by atoms with van der Waals surface area (Å²) >= 11 is 0. The van der Waals surface area contributed by atoms with E-state index in [0.717, 1.165) is 44.6 Å². The van der Waals surface area contributed by atoms with Crippen LogP contribution in [0.3, 0.4) is 0 Å². The highest BCUT2D eigenvalue weighted by Crippen LogP contribution is 2.27. The average molecular weight is 386 g/mol. The van der Waals surface area contributed by atoms with Gasteiger partial charge in [-0.1, -0.05) is 18.2 Å². The van der Waals surface area contributed by atoms with E-state index in [1.54, 1.807) is 0 Å². The summed E-state index contributed by atoms with van der Waals surface area (Å²) in [6.07, 6.45) is 2.93. The smallest absolute Gasteiger partial charge is 0.320 e. The fraction of sp³-hybridized carbons (Fsp3) is 0.619. The molecule has 7 heteroatoms. The Labute approximate surface area is 166 Å². The SMILES string of the molecule is CN(C(=O)N1CCOCC1)C1CCCN(CC(=O)N2CCc3ccccc32)C1. The number of rotatable bonds is 3. The molecule has 0 radical (unpaired) electrons. The number of hydrogen-bond acceptors (Lipinski definition) is 4. The number of urea groups is 1. The molecule has 3 amide bonds. The Morgan fingerprint density at radius 2 is 1.93 bits per heavy atom. The van der Waals surface area contributed by atoms with Gasteiger partial charge in [0.2, 0.25) is 5.91 Å². The Morgan fingerprint density at radius 3 is 2.75 bits per heavy atom. The summed E-state index contributed by atoms with van der Waals surface area (Å²) in [6.45, 7) is 5.41. The number of piperidine rings is 1. The van der Waals surface area contributed by atoms with Crippen LogP contribution in [0.4, 0.5) is 10.5 Å². The third-order valence-corrected chi connectivity index (χ3v) is 6.16. The van der Waals surface area contributed by atoms with Crippen molar-refractivity contribution in [2.45, 2.75) is 25.3 Å². The molecule has 2 saturated heterocycles. The van der Waals surface area contributed by atoms with Crippen molar-refractivity contribution in [2.75, 3.05) is 64.4 Å². The Morgan fingerprint density at radius 1 is 1.14 bits per heavy atom. The van der Waals surface area contributed by atoms with Crippen LogP contribution in [0, 0.1) is 0 Å². The number of para-hydroxylation sites is 1. The van der Waals surface area contributed by atoms with Crippen molar-refractivity contribution in [3.8, 4) is 0 Å². The molecule has 3 aliphatic heterocycles. The van der Waals surface area contributed by atoms with Crippen LogP contribution in [-0.2, 0) is 16.0 Å². The molecule has 152 valence electrons. The first-order chi connectivity index (χ1) is 13.6. The van der Waals surface area contributed by atoms with E-state index in [1.165, 1.54) is 5.56 Å². The highest BCUT2D eigenvalue weighted by atomic mass is 16.5. The Bertz CT molecular complexity index is 719. The van der Waals surface area contributed by atoms with Crippen LogP contribution in [0.15, 0.2) is 24.3 Å². The zero-order valence-corrected chi connectivity index (χ0v) is 16.7. The van der Waals surface area contributed by atoms with Crippen molar-refractivity contribution < 1.29 is 14.3 Å². The summed E-state index contributed by atoms with van der Waals surface area (Å²) in [4.78, 5) is 33.6. The number of fused-ring (bicyclic) bond motifs is 1. The largest absolute Gasteiger partial charge is 0.378 e. The molecular weight excluding hydrogens is 356 g/mol. The van der Waals surface area contributed by atoms with E-state index in [1.807, 2.05) is 39.9 Å². The Balaban J connectivity index is 1.33. The van der Waals surface area contributed by atoms with Crippen molar-refractivity contribution in [1.82, 2.24) is 14.7 Å². The molecule has 0 N–H and O–H groups in total. The highest BCUT2D eigenvalue weighted by molar-refractivity contribution is 5.96. The van der Waals surface area contributed by atoms with Gasteiger partial charge in [-0.3, -0.25) is 9.69 Å². The predicted molar refractivity (Wildman–Crippen MR) is 108 cm³/mol. The zero-order valence-electron chi connectivity index (χ0n) is 16.7. The number of likely N-dealkylation sites (tertiary alicyclic amines) is 1. The molecule has 0 saturated carbocycles. The summed E-state index contributed by atoms with van der Waals surface area (Å²) in [5, 5.41) is 0. The van der Waals surface area contributed by atoms with Crippen LogP contribution >= 0.6 is 0 Å². The molecule has 7 nitrogen and oxygen atoms in total. The first-order valence-electron chi connectivity index (χ1n) is 10.3. The minimum atomic E-state index is 0.0787. The van der Waals surface area contributed by atoms with E-state index in [9.17, 15) is 9.59 Å². The maximum atomic E-state index is 12.9. The van der Waals surface area contributed by atoms with E-state index in [-0.39, 0.29) is 18.0 Å². The third kappa shape index (κ3) is 4.00. The molecule has 3 aliphatic rings. The molecule has 1 unspecified atom stereocenters. The maximum Gasteiger partial charge on any atom is 0.320 e. The van der Waals surface area contributed by atoms with Gasteiger partial charge in [0, 0.05) is 45.0 Å². The first-order valence-corrected chi connectivity index (χ1v) is 10.3. The number of likely N-dealkylation sites (N-methyl/N-ethyl adjacent to an activating group) is 1. The van der Waals surface area contributed by atoms with E-state index < -0.39 is 0 Å². The number of nitrogens with zero attached hydrogens (tertiary/aromatic N) is 4. The van der Waals surface area contributed by atoms with Crippen molar-refractivity contribution in [3.63, 3.8) is 0 Å². The van der Waals surface area contributed by atoms with Crippen molar-refractivity contribution in [1.29, 1.82) is 0 Å². The number of benzene rings is 1. The molecule has 1 atom stereocenters. The molecule has 4 rings (SSSR count). The number of carbonyl (C=O) groups excluding carboxylic acids is 2. The van der Waals surface area contributed by atoms with Crippen LogP contribution in [0.5, 0.6) is 0 Å². The molecule has 2 fully saturated rings. The number of carbonyl (C=O) groups is 2. The lowest BCUT2D eigenvalue weighted by molar-refractivity contribution is -0.120. The van der Waals surface area contributed by atoms with E-state index >= 15 is 0 Å². The topological polar surface area (TPSA) is 56.3 Å². The fourth-order valence-electron chi connectivity index (χ4n) is 4.50. The molecule has 3 heterocycles. The molecule has 0 spiro atoms. The molecule has 0 aromatic heterocycles. The number of morpholine rings is 1. The average Bonchev–Trinajstić information content (AvgIpc) is 3.18. The van der Waals surface area contributed by atoms with Gasteiger partial charge in [0.05, 0.1) is 19.8 Å². The summed E-state index contributed by atoms with van der Waals surface area (Å²) in [7, 11) is 1.89. The van der Waals surface area contributed by atoms with Gasteiger partial charge in [-0.2, -0.15) is 0 Å². The quantitative estimate of drug-likeness (QED) is 0.789. The van der Waals surface area contributed by atoms with Gasteiger partial charge < -0.3 is 19.4 Å². The van der Waals surface area contributed by atoms with Gasteiger partial charge in [-0.05, 0) is 37.4 Å². The second-order valence-electron chi connectivity index (χ2n) is 7.95. The highest BCUT2D eigenvalue weighted by Gasteiger charge is 2.31. The molecule has 28 heavy (non-hydrogen) atoms. The molecule has 0 aliphatic carbocycles. The maximum absolute atomic E-state index is 12.9. The van der Waals surface area contributed by atoms with Crippen LogP contribution in [0.1, 0.15) is 18.4 Å². The van der Waals surface area contributed by atoms with Crippen molar-refractivity contribution in [2.24, 2.45) is 0 Å². The monoisotopic (exact) mass is 386 g/mol. The predicted octanol–water partition coefficient (Wildman–Crippen LogP) is 1.42. The van der Waals surface area contributed by atoms with Crippen molar-refractivity contribution in [3.05, 3.63) is 29.8 Å². The number of ether oxygens (including phenoxy) is 1.